The highest BCUT2D eigenvalue weighted by Crippen LogP contribution is 2.29. The Labute approximate surface area is 184 Å². The molecule has 0 radical (unpaired) electrons. The van der Waals surface area contributed by atoms with Crippen LogP contribution in [0.1, 0.15) is 12.8 Å². The second-order valence-electron chi connectivity index (χ2n) is 7.47. The number of anilines is 1. The van der Waals surface area contributed by atoms with Gasteiger partial charge < -0.3 is 24.4 Å². The van der Waals surface area contributed by atoms with Gasteiger partial charge in [-0.2, -0.15) is 0 Å². The molecule has 3 aliphatic heterocycles. The first-order valence-electron chi connectivity index (χ1n) is 9.90. The Morgan fingerprint density at radius 1 is 1.06 bits per heavy atom. The van der Waals surface area contributed by atoms with Crippen molar-refractivity contribution in [3.8, 4) is 11.5 Å². The van der Waals surface area contributed by atoms with Crippen LogP contribution in [-0.2, 0) is 19.4 Å². The van der Waals surface area contributed by atoms with Crippen LogP contribution < -0.4 is 4.90 Å². The lowest BCUT2D eigenvalue weighted by Crippen LogP contribution is -2.38. The van der Waals surface area contributed by atoms with Crippen LogP contribution in [0.5, 0.6) is 0 Å². The van der Waals surface area contributed by atoms with Crippen LogP contribution in [0.15, 0.2) is 45.7 Å². The van der Waals surface area contributed by atoms with E-state index < -0.39 is 21.8 Å². The summed E-state index contributed by atoms with van der Waals surface area (Å²) in [4.78, 5) is 24.0. The first kappa shape index (κ1) is 23.4. The molecule has 0 atom stereocenters. The number of carboxylic acid groups (broad SMARTS) is 2. The third kappa shape index (κ3) is 6.14. The Bertz CT molecular complexity index is 1090. The van der Waals surface area contributed by atoms with Crippen molar-refractivity contribution >= 4 is 27.8 Å². The van der Waals surface area contributed by atoms with Gasteiger partial charge in [-0.05, 0) is 31.0 Å². The fourth-order valence-electron chi connectivity index (χ4n) is 3.59. The van der Waals surface area contributed by atoms with E-state index in [2.05, 4.69) is 20.0 Å². The van der Waals surface area contributed by atoms with Crippen LogP contribution in [0.4, 0.5) is 6.01 Å². The smallest absolute Gasteiger partial charge is 0.328 e. The van der Waals surface area contributed by atoms with E-state index in [1.165, 1.54) is 6.26 Å². The number of benzene rings is 1. The zero-order valence-corrected chi connectivity index (χ0v) is 18.2. The van der Waals surface area contributed by atoms with Crippen molar-refractivity contribution in [2.45, 2.75) is 23.8 Å². The summed E-state index contributed by atoms with van der Waals surface area (Å²) in [6, 6.07) is 7.59. The third-order valence-corrected chi connectivity index (χ3v) is 6.30. The molecule has 0 unspecified atom stereocenters. The molecule has 2 aromatic rings. The molecule has 1 aromatic heterocycles. The molecule has 0 saturated carbocycles. The minimum atomic E-state index is -3.26. The second kappa shape index (κ2) is 9.92. The molecule has 2 N–H and O–H groups in total. The Hall–Kier alpha value is -3.25. The monoisotopic (exact) mass is 464 g/mol. The molecule has 172 valence electrons. The van der Waals surface area contributed by atoms with Crippen molar-refractivity contribution in [3.63, 3.8) is 0 Å². The van der Waals surface area contributed by atoms with Gasteiger partial charge in [0.05, 0.1) is 4.90 Å². The summed E-state index contributed by atoms with van der Waals surface area (Å²) in [5, 5.41) is 24.0. The largest absolute Gasteiger partial charge is 0.478 e. The predicted molar refractivity (Wildman–Crippen MR) is 114 cm³/mol. The average Bonchev–Trinajstić information content (AvgIpc) is 3.04. The number of nitrogens with zero attached hydrogens (tertiary/aromatic N) is 4. The van der Waals surface area contributed by atoms with Gasteiger partial charge in [0.2, 0.25) is 5.89 Å². The molecule has 0 spiro atoms. The van der Waals surface area contributed by atoms with Crippen LogP contribution in [-0.4, -0.2) is 84.1 Å². The number of fused-ring (bicyclic) bond motifs is 4. The summed E-state index contributed by atoms with van der Waals surface area (Å²) in [5.74, 6) is -2.16. The van der Waals surface area contributed by atoms with Crippen molar-refractivity contribution in [2.24, 2.45) is 0 Å². The predicted octanol–water partition coefficient (Wildman–Crippen LogP) is 1.14. The van der Waals surface area contributed by atoms with Crippen LogP contribution in [0.2, 0.25) is 0 Å². The molecule has 0 aliphatic carbocycles. The summed E-state index contributed by atoms with van der Waals surface area (Å²) >= 11 is 0. The Morgan fingerprint density at radius 3 is 2.31 bits per heavy atom. The van der Waals surface area contributed by atoms with Gasteiger partial charge in [-0.25, -0.2) is 18.0 Å². The van der Waals surface area contributed by atoms with Crippen LogP contribution >= 0.6 is 0 Å². The number of aromatic nitrogens is 2. The lowest BCUT2D eigenvalue weighted by atomic mass is 10.1. The SMILES string of the molecule is CS(=O)(=O)c1cccc(-c2nnc(N3CCN4CCC3CC4)o2)c1.O=C(O)/C=C/C(=O)O. The maximum absolute atomic E-state index is 11.7. The fourth-order valence-corrected chi connectivity index (χ4v) is 4.26. The number of carboxylic acids is 2. The zero-order valence-electron chi connectivity index (χ0n) is 17.4. The topological polar surface area (TPSA) is 154 Å². The van der Waals surface area contributed by atoms with E-state index >= 15 is 0 Å². The Kier molecular flexibility index (Phi) is 7.26. The van der Waals surface area contributed by atoms with Gasteiger partial charge in [0.15, 0.2) is 9.84 Å². The van der Waals surface area contributed by atoms with E-state index in [9.17, 15) is 18.0 Å². The number of hydrogen-bond acceptors (Lipinski definition) is 9. The van der Waals surface area contributed by atoms with Crippen molar-refractivity contribution in [1.29, 1.82) is 0 Å². The van der Waals surface area contributed by atoms with Gasteiger partial charge in [0.1, 0.15) is 0 Å². The molecule has 0 amide bonds. The van der Waals surface area contributed by atoms with Crippen molar-refractivity contribution in [1.82, 2.24) is 15.1 Å². The van der Waals surface area contributed by atoms with Crippen LogP contribution in [0, 0.1) is 0 Å². The van der Waals surface area contributed by atoms with Gasteiger partial charge in [-0.1, -0.05) is 11.2 Å². The zero-order chi connectivity index (χ0) is 23.3. The molecular weight excluding hydrogens is 440 g/mol. The molecule has 11 nitrogen and oxygen atoms in total. The van der Waals surface area contributed by atoms with Gasteiger partial charge in [-0.15, -0.1) is 5.10 Å². The third-order valence-electron chi connectivity index (χ3n) is 5.19. The maximum atomic E-state index is 11.7. The molecule has 3 fully saturated rings. The average molecular weight is 465 g/mol. The summed E-state index contributed by atoms with van der Waals surface area (Å²) in [7, 11) is -3.26. The van der Waals surface area contributed by atoms with Gasteiger partial charge in [0.25, 0.3) is 0 Å². The number of hydrogen-bond donors (Lipinski definition) is 2. The number of aliphatic carboxylic acids is 2. The highest BCUT2D eigenvalue weighted by atomic mass is 32.2. The van der Waals surface area contributed by atoms with Crippen LogP contribution in [0.3, 0.4) is 0 Å². The Balaban J connectivity index is 0.000000312. The van der Waals surface area contributed by atoms with Crippen molar-refractivity contribution < 1.29 is 32.6 Å². The summed E-state index contributed by atoms with van der Waals surface area (Å²) < 4.78 is 29.3. The highest BCUT2D eigenvalue weighted by Gasteiger charge is 2.31. The van der Waals surface area contributed by atoms with Crippen LogP contribution in [0.25, 0.3) is 11.5 Å². The van der Waals surface area contributed by atoms with E-state index in [-0.39, 0.29) is 4.90 Å². The first-order valence-corrected chi connectivity index (χ1v) is 11.8. The molecule has 32 heavy (non-hydrogen) atoms. The summed E-state index contributed by atoms with van der Waals surface area (Å²) in [6.45, 7) is 4.14. The highest BCUT2D eigenvalue weighted by molar-refractivity contribution is 7.90. The summed E-state index contributed by atoms with van der Waals surface area (Å²) in [5.41, 5.74) is 0.625. The van der Waals surface area contributed by atoms with E-state index in [1.807, 2.05) is 0 Å². The van der Waals surface area contributed by atoms with E-state index in [0.717, 1.165) is 39.0 Å². The van der Waals surface area contributed by atoms with E-state index in [0.29, 0.717) is 35.7 Å². The number of rotatable bonds is 5. The van der Waals surface area contributed by atoms with Gasteiger partial charge in [0, 0.05) is 56.2 Å². The lowest BCUT2D eigenvalue weighted by molar-refractivity contribution is -0.134. The quantitative estimate of drug-likeness (QED) is 0.612. The molecular formula is C20H24N4O7S. The molecule has 12 heteroatoms. The normalized spacial score (nSPS) is 20.5. The minimum Gasteiger partial charge on any atom is -0.478 e. The molecule has 5 rings (SSSR count). The van der Waals surface area contributed by atoms with Crippen molar-refractivity contribution in [3.05, 3.63) is 36.4 Å². The fraction of sp³-hybridized carbons (Fsp3) is 0.400. The summed E-state index contributed by atoms with van der Waals surface area (Å²) in [6.07, 6.45) is 4.53. The molecule has 4 heterocycles. The first-order chi connectivity index (χ1) is 15.1. The molecule has 3 saturated heterocycles. The van der Waals surface area contributed by atoms with Gasteiger partial charge >= 0.3 is 18.0 Å². The standard InChI is InChI=1S/C16H20N4O3S.C4H4O4/c1-24(21,22)14-4-2-3-12(11-14)15-17-18-16(23-15)20-10-9-19-7-5-13(20)6-8-19;5-3(6)1-2-4(7)8/h2-4,11,13H,5-10H2,1H3;1-2H,(H,5,6)(H,7,8)/b;2-1+. The number of carbonyl (C=O) groups is 2. The lowest BCUT2D eigenvalue weighted by Gasteiger charge is -2.29. The minimum absolute atomic E-state index is 0.251. The van der Waals surface area contributed by atoms with Gasteiger partial charge in [-0.3, -0.25) is 0 Å². The number of piperidine rings is 1. The van der Waals surface area contributed by atoms with Crippen molar-refractivity contribution in [2.75, 3.05) is 37.3 Å². The maximum Gasteiger partial charge on any atom is 0.328 e. The van der Waals surface area contributed by atoms with E-state index in [1.54, 1.807) is 24.3 Å². The Morgan fingerprint density at radius 2 is 1.72 bits per heavy atom. The van der Waals surface area contributed by atoms with E-state index in [4.69, 9.17) is 14.6 Å². The molecule has 3 aliphatic rings. The molecule has 1 aromatic carbocycles. The molecule has 2 bridgehead atoms. The second-order valence-corrected chi connectivity index (χ2v) is 9.48. The number of sulfone groups is 1.